The van der Waals surface area contributed by atoms with Crippen LogP contribution in [0.5, 0.6) is 0 Å². The van der Waals surface area contributed by atoms with Gasteiger partial charge in [0.25, 0.3) is 0 Å². The van der Waals surface area contributed by atoms with E-state index >= 15 is 0 Å². The van der Waals surface area contributed by atoms with Crippen molar-refractivity contribution in [2.75, 3.05) is 13.6 Å². The Balaban J connectivity index is 2.56. The third-order valence-electron chi connectivity index (χ3n) is 3.26. The molecule has 0 aromatic carbocycles. The number of imidazole rings is 1. The lowest BCUT2D eigenvalue weighted by atomic mass is 9.92. The van der Waals surface area contributed by atoms with Crippen LogP contribution >= 0.6 is 0 Å². The molecule has 0 saturated carbocycles. The topological polar surface area (TPSA) is 85.3 Å². The molecule has 1 aromatic heterocycles. The number of nitrogens with one attached hydrogen (secondary N) is 2. The molecule has 1 aromatic rings. The average Bonchev–Trinajstić information content (AvgIpc) is 2.82. The molecule has 1 rings (SSSR count). The van der Waals surface area contributed by atoms with Crippen molar-refractivity contribution in [3.63, 3.8) is 0 Å². The van der Waals surface area contributed by atoms with Crippen molar-refractivity contribution in [2.45, 2.75) is 53.2 Å². The highest BCUT2D eigenvalue weighted by molar-refractivity contribution is 5.81. The second-order valence-corrected chi connectivity index (χ2v) is 7.15. The maximum atomic E-state index is 11.9. The first-order valence-electron chi connectivity index (χ1n) is 7.73. The SMILES string of the molecule is CNC(=O)C(C)(C)Cn1cncc1CCNC(=O)OC(C)(C)C. The largest absolute Gasteiger partial charge is 0.444 e. The van der Waals surface area contributed by atoms with Gasteiger partial charge in [-0.15, -0.1) is 0 Å². The van der Waals surface area contributed by atoms with Gasteiger partial charge >= 0.3 is 6.09 Å². The van der Waals surface area contributed by atoms with E-state index in [4.69, 9.17) is 4.74 Å². The summed E-state index contributed by atoms with van der Waals surface area (Å²) < 4.78 is 7.13. The normalized spacial score (nSPS) is 11.9. The molecule has 0 saturated heterocycles. The van der Waals surface area contributed by atoms with Gasteiger partial charge in [0.05, 0.1) is 11.7 Å². The number of hydrogen-bond donors (Lipinski definition) is 2. The molecule has 0 aliphatic rings. The Bertz CT molecular complexity index is 544. The van der Waals surface area contributed by atoms with Crippen LogP contribution in [0.2, 0.25) is 0 Å². The van der Waals surface area contributed by atoms with Crippen molar-refractivity contribution < 1.29 is 14.3 Å². The van der Waals surface area contributed by atoms with Crippen LogP contribution < -0.4 is 10.6 Å². The van der Waals surface area contributed by atoms with Gasteiger partial charge in [-0.3, -0.25) is 4.79 Å². The van der Waals surface area contributed by atoms with Crippen LogP contribution in [0.1, 0.15) is 40.3 Å². The number of carbonyl (C=O) groups excluding carboxylic acids is 2. The summed E-state index contributed by atoms with van der Waals surface area (Å²) in [5.74, 6) is -0.0240. The Kier molecular flexibility index (Phi) is 6.18. The van der Waals surface area contributed by atoms with E-state index in [1.165, 1.54) is 0 Å². The third-order valence-corrected chi connectivity index (χ3v) is 3.26. The molecule has 1 heterocycles. The Morgan fingerprint density at radius 1 is 1.26 bits per heavy atom. The van der Waals surface area contributed by atoms with Gasteiger partial charge in [0.1, 0.15) is 5.60 Å². The van der Waals surface area contributed by atoms with Crippen LogP contribution in [0.15, 0.2) is 12.5 Å². The van der Waals surface area contributed by atoms with Crippen molar-refractivity contribution >= 4 is 12.0 Å². The fraction of sp³-hybridized carbons (Fsp3) is 0.688. The number of amides is 2. The average molecular weight is 324 g/mol. The number of carbonyl (C=O) groups is 2. The molecule has 2 N–H and O–H groups in total. The van der Waals surface area contributed by atoms with Gasteiger partial charge in [0, 0.05) is 38.4 Å². The van der Waals surface area contributed by atoms with E-state index in [2.05, 4.69) is 15.6 Å². The van der Waals surface area contributed by atoms with Gasteiger partial charge in [0.2, 0.25) is 5.91 Å². The molecule has 0 aliphatic heterocycles. The van der Waals surface area contributed by atoms with Crippen molar-refractivity contribution in [3.05, 3.63) is 18.2 Å². The lowest BCUT2D eigenvalue weighted by molar-refractivity contribution is -0.129. The lowest BCUT2D eigenvalue weighted by Gasteiger charge is -2.24. The Morgan fingerprint density at radius 2 is 1.91 bits per heavy atom. The van der Waals surface area contributed by atoms with Gasteiger partial charge in [-0.25, -0.2) is 9.78 Å². The zero-order chi connectivity index (χ0) is 17.7. The summed E-state index contributed by atoms with van der Waals surface area (Å²) in [4.78, 5) is 27.6. The van der Waals surface area contributed by atoms with E-state index in [9.17, 15) is 9.59 Å². The van der Waals surface area contributed by atoms with Crippen LogP contribution in [0.3, 0.4) is 0 Å². The zero-order valence-electron chi connectivity index (χ0n) is 14.9. The van der Waals surface area contributed by atoms with Crippen LogP contribution in [-0.2, 0) is 22.5 Å². The molecular formula is C16H28N4O3. The first-order valence-corrected chi connectivity index (χ1v) is 7.73. The van der Waals surface area contributed by atoms with E-state index < -0.39 is 17.1 Å². The summed E-state index contributed by atoms with van der Waals surface area (Å²) in [5, 5.41) is 5.39. The highest BCUT2D eigenvalue weighted by Gasteiger charge is 2.27. The number of ether oxygens (including phenoxy) is 1. The maximum absolute atomic E-state index is 11.9. The zero-order valence-corrected chi connectivity index (χ0v) is 14.9. The monoisotopic (exact) mass is 324 g/mol. The van der Waals surface area contributed by atoms with Gasteiger partial charge < -0.3 is 19.9 Å². The number of rotatable bonds is 6. The number of hydrogen-bond acceptors (Lipinski definition) is 4. The van der Waals surface area contributed by atoms with Crippen molar-refractivity contribution in [2.24, 2.45) is 5.41 Å². The summed E-state index contributed by atoms with van der Waals surface area (Å²) in [5.41, 5.74) is -0.0929. The van der Waals surface area contributed by atoms with E-state index in [0.717, 1.165) is 5.69 Å². The van der Waals surface area contributed by atoms with Crippen LogP contribution in [0.4, 0.5) is 4.79 Å². The summed E-state index contributed by atoms with van der Waals surface area (Å²) in [7, 11) is 1.63. The molecule has 0 bridgehead atoms. The summed E-state index contributed by atoms with van der Waals surface area (Å²) >= 11 is 0. The van der Waals surface area contributed by atoms with Gasteiger partial charge in [0.15, 0.2) is 0 Å². The van der Waals surface area contributed by atoms with Crippen LogP contribution in [-0.4, -0.2) is 40.7 Å². The van der Waals surface area contributed by atoms with Gasteiger partial charge in [-0.2, -0.15) is 0 Å². The van der Waals surface area contributed by atoms with Gasteiger partial charge in [-0.1, -0.05) is 0 Å². The Morgan fingerprint density at radius 3 is 2.48 bits per heavy atom. The fourth-order valence-electron chi connectivity index (χ4n) is 2.14. The smallest absolute Gasteiger partial charge is 0.407 e. The second-order valence-electron chi connectivity index (χ2n) is 7.15. The lowest BCUT2D eigenvalue weighted by Crippen LogP contribution is -2.38. The minimum atomic E-state index is -0.539. The molecule has 7 nitrogen and oxygen atoms in total. The predicted octanol–water partition coefficient (Wildman–Crippen LogP) is 1.72. The van der Waals surface area contributed by atoms with Crippen molar-refractivity contribution in [3.8, 4) is 0 Å². The predicted molar refractivity (Wildman–Crippen MR) is 88.0 cm³/mol. The van der Waals surface area contributed by atoms with E-state index in [0.29, 0.717) is 19.5 Å². The Hall–Kier alpha value is -2.05. The minimum Gasteiger partial charge on any atom is -0.444 e. The van der Waals surface area contributed by atoms with Crippen LogP contribution in [0, 0.1) is 5.41 Å². The Labute approximate surface area is 137 Å². The van der Waals surface area contributed by atoms with Crippen molar-refractivity contribution in [1.29, 1.82) is 0 Å². The highest BCUT2D eigenvalue weighted by atomic mass is 16.6. The van der Waals surface area contributed by atoms with Crippen molar-refractivity contribution in [1.82, 2.24) is 20.2 Å². The molecule has 23 heavy (non-hydrogen) atoms. The molecule has 7 heteroatoms. The molecule has 2 amide bonds. The summed E-state index contributed by atoms with van der Waals surface area (Å²) in [6.07, 6.45) is 3.63. The number of aromatic nitrogens is 2. The molecule has 0 aliphatic carbocycles. The molecule has 0 spiro atoms. The third kappa shape index (κ3) is 6.30. The van der Waals surface area contributed by atoms with Crippen LogP contribution in [0.25, 0.3) is 0 Å². The fourth-order valence-corrected chi connectivity index (χ4v) is 2.14. The molecular weight excluding hydrogens is 296 g/mol. The summed E-state index contributed by atoms with van der Waals surface area (Å²) in [6.45, 7) is 10.2. The highest BCUT2D eigenvalue weighted by Crippen LogP contribution is 2.19. The quantitative estimate of drug-likeness (QED) is 0.834. The first-order chi connectivity index (χ1) is 10.5. The van der Waals surface area contributed by atoms with Gasteiger partial charge in [-0.05, 0) is 34.6 Å². The standard InChI is InChI=1S/C16H28N4O3/c1-15(2,3)23-14(22)19-8-7-12-9-18-11-20(12)10-16(4,5)13(21)17-6/h9,11H,7-8,10H2,1-6H3,(H,17,21)(H,19,22). The number of nitrogens with zero attached hydrogens (tertiary/aromatic N) is 2. The summed E-state index contributed by atoms with van der Waals surface area (Å²) in [6, 6.07) is 0. The van der Waals surface area contributed by atoms with E-state index in [-0.39, 0.29) is 5.91 Å². The maximum Gasteiger partial charge on any atom is 0.407 e. The molecule has 130 valence electrons. The molecule has 0 atom stereocenters. The molecule has 0 unspecified atom stereocenters. The second kappa shape index (κ2) is 7.48. The molecule has 0 radical (unpaired) electrons. The minimum absolute atomic E-state index is 0.0240. The molecule has 0 fully saturated rings. The first kappa shape index (κ1) is 19.0. The van der Waals surface area contributed by atoms with E-state index in [1.807, 2.05) is 39.2 Å². The van der Waals surface area contributed by atoms with E-state index in [1.54, 1.807) is 19.6 Å². The number of alkyl carbamates (subject to hydrolysis) is 1.